The summed E-state index contributed by atoms with van der Waals surface area (Å²) in [4.78, 5) is 19.3. The number of H-pyrrole nitrogens is 1. The molecule has 3 fully saturated rings. The Morgan fingerprint density at radius 3 is 2.58 bits per heavy atom. The highest BCUT2D eigenvalue weighted by Crippen LogP contribution is 2.45. The predicted molar refractivity (Wildman–Crippen MR) is 120 cm³/mol. The molecule has 1 spiro atoms. The molecule has 2 aromatic rings. The topological polar surface area (TPSA) is 121 Å². The molecule has 0 radical (unpaired) electrons. The van der Waals surface area contributed by atoms with Crippen molar-refractivity contribution < 1.29 is 31.1 Å². The van der Waals surface area contributed by atoms with E-state index in [9.17, 15) is 26.4 Å². The lowest BCUT2D eigenvalue weighted by atomic mass is 9.67. The number of aromatic nitrogens is 3. The largest absolute Gasteiger partial charge is 0.573 e. The molecule has 3 heterocycles. The zero-order valence-corrected chi connectivity index (χ0v) is 20.2. The first-order valence-electron chi connectivity index (χ1n) is 11.8. The zero-order chi connectivity index (χ0) is 25.6. The smallest absolute Gasteiger partial charge is 0.406 e. The lowest BCUT2D eigenvalue weighted by molar-refractivity contribution is -0.274. The highest BCUT2D eigenvalue weighted by atomic mass is 32.2. The van der Waals surface area contributed by atoms with Crippen LogP contribution >= 0.6 is 0 Å². The van der Waals surface area contributed by atoms with Crippen molar-refractivity contribution in [3.8, 4) is 5.75 Å². The predicted octanol–water partition coefficient (Wildman–Crippen LogP) is 2.84. The van der Waals surface area contributed by atoms with Crippen molar-refractivity contribution >= 4 is 16.1 Å². The minimum Gasteiger partial charge on any atom is -0.406 e. The molecule has 2 saturated heterocycles. The molecule has 2 aliphatic heterocycles. The summed E-state index contributed by atoms with van der Waals surface area (Å²) < 4.78 is 69.4. The van der Waals surface area contributed by atoms with E-state index in [0.717, 1.165) is 37.2 Å². The number of aromatic amines is 1. The summed E-state index contributed by atoms with van der Waals surface area (Å²) in [6.45, 7) is 2.57. The Morgan fingerprint density at radius 1 is 1.17 bits per heavy atom. The fourth-order valence-corrected chi connectivity index (χ4v) is 6.80. The average Bonchev–Trinajstić information content (AvgIpc) is 3.49. The molecule has 10 nitrogen and oxygen atoms in total. The lowest BCUT2D eigenvalue weighted by Gasteiger charge is -2.54. The Morgan fingerprint density at radius 2 is 1.92 bits per heavy atom. The molecule has 1 aromatic carbocycles. The van der Waals surface area contributed by atoms with Crippen LogP contribution in [-0.4, -0.2) is 78.0 Å². The van der Waals surface area contributed by atoms with Crippen molar-refractivity contribution in [1.29, 1.82) is 0 Å². The number of carbonyl (C=O) groups excluding carboxylic acids is 1. The number of carbonyl (C=O) groups is 1. The number of rotatable bonds is 5. The number of urea groups is 1. The fraction of sp³-hybridized carbons (Fsp3) is 0.591. The maximum Gasteiger partial charge on any atom is 0.573 e. The molecule has 14 heteroatoms. The van der Waals surface area contributed by atoms with E-state index in [0.29, 0.717) is 39.0 Å². The van der Waals surface area contributed by atoms with Crippen LogP contribution in [-0.2, 0) is 10.0 Å². The van der Waals surface area contributed by atoms with Gasteiger partial charge in [-0.2, -0.15) is 0 Å². The van der Waals surface area contributed by atoms with Gasteiger partial charge in [-0.15, -0.1) is 23.4 Å². The third-order valence-corrected chi connectivity index (χ3v) is 8.84. The van der Waals surface area contributed by atoms with E-state index in [1.165, 1.54) is 18.5 Å². The van der Waals surface area contributed by atoms with Gasteiger partial charge in [0.15, 0.2) is 0 Å². The van der Waals surface area contributed by atoms with Crippen LogP contribution in [0.1, 0.15) is 43.8 Å². The Balaban J connectivity index is 1.11. The molecule has 1 unspecified atom stereocenters. The third kappa shape index (κ3) is 5.28. The van der Waals surface area contributed by atoms with Gasteiger partial charge in [-0.05, 0) is 44.2 Å². The SMILES string of the molecule is O=C(N1CCC(c2nnc[nH]2)C1)N1CC2(CCC(NS(=O)(=O)c3cccc(OC(F)(F)F)c3)CC2)C1. The first kappa shape index (κ1) is 24.8. The number of hydrogen-bond acceptors (Lipinski definition) is 6. The first-order chi connectivity index (χ1) is 17.0. The number of nitrogens with zero attached hydrogens (tertiary/aromatic N) is 4. The van der Waals surface area contributed by atoms with Crippen LogP contribution in [0.15, 0.2) is 35.5 Å². The summed E-state index contributed by atoms with van der Waals surface area (Å²) in [6, 6.07) is 4.05. The number of halogens is 3. The summed E-state index contributed by atoms with van der Waals surface area (Å²) in [6.07, 6.45) is 0.194. The van der Waals surface area contributed by atoms with Crippen LogP contribution in [0.3, 0.4) is 0 Å². The molecular formula is C22H27F3N6O4S. The maximum atomic E-state index is 12.9. The van der Waals surface area contributed by atoms with Crippen LogP contribution in [0.2, 0.25) is 0 Å². The number of amides is 2. The van der Waals surface area contributed by atoms with E-state index in [1.807, 2.05) is 9.80 Å². The number of benzene rings is 1. The third-order valence-electron chi connectivity index (χ3n) is 7.32. The Bertz CT molecular complexity index is 1190. The summed E-state index contributed by atoms with van der Waals surface area (Å²) in [5, 5.41) is 7.86. The van der Waals surface area contributed by atoms with Gasteiger partial charge < -0.3 is 19.5 Å². The quantitative estimate of drug-likeness (QED) is 0.616. The average molecular weight is 529 g/mol. The summed E-state index contributed by atoms with van der Waals surface area (Å²) in [7, 11) is -4.00. The van der Waals surface area contributed by atoms with Gasteiger partial charge in [0.2, 0.25) is 10.0 Å². The molecule has 36 heavy (non-hydrogen) atoms. The van der Waals surface area contributed by atoms with Crippen LogP contribution in [0, 0.1) is 5.41 Å². The highest BCUT2D eigenvalue weighted by molar-refractivity contribution is 7.89. The van der Waals surface area contributed by atoms with E-state index in [1.54, 1.807) is 0 Å². The van der Waals surface area contributed by atoms with Crippen LogP contribution < -0.4 is 9.46 Å². The van der Waals surface area contributed by atoms with E-state index in [-0.39, 0.29) is 28.3 Å². The molecule has 1 aliphatic carbocycles. The number of nitrogens with one attached hydrogen (secondary N) is 2. The molecule has 5 rings (SSSR count). The van der Waals surface area contributed by atoms with Gasteiger partial charge >= 0.3 is 12.4 Å². The first-order valence-corrected chi connectivity index (χ1v) is 13.3. The van der Waals surface area contributed by atoms with E-state index in [4.69, 9.17) is 0 Å². The van der Waals surface area contributed by atoms with Crippen molar-refractivity contribution in [1.82, 2.24) is 29.7 Å². The summed E-state index contributed by atoms with van der Waals surface area (Å²) >= 11 is 0. The van der Waals surface area contributed by atoms with E-state index >= 15 is 0 Å². The molecule has 196 valence electrons. The Hall–Kier alpha value is -2.87. The van der Waals surface area contributed by atoms with Crippen molar-refractivity contribution in [2.75, 3.05) is 26.2 Å². The Labute approximate surface area is 206 Å². The second-order valence-corrected chi connectivity index (χ2v) is 11.6. The van der Waals surface area contributed by atoms with Gasteiger partial charge in [-0.1, -0.05) is 6.07 Å². The van der Waals surface area contributed by atoms with Crippen LogP contribution in [0.4, 0.5) is 18.0 Å². The van der Waals surface area contributed by atoms with Gasteiger partial charge in [-0.3, -0.25) is 0 Å². The summed E-state index contributed by atoms with van der Waals surface area (Å²) in [5.74, 6) is 0.374. The summed E-state index contributed by atoms with van der Waals surface area (Å²) in [5.41, 5.74) is -0.0118. The van der Waals surface area contributed by atoms with Crippen molar-refractivity contribution in [2.24, 2.45) is 5.41 Å². The highest BCUT2D eigenvalue weighted by Gasteiger charge is 2.48. The number of alkyl halides is 3. The molecule has 3 aliphatic rings. The van der Waals surface area contributed by atoms with Crippen molar-refractivity contribution in [2.45, 2.75) is 55.3 Å². The van der Waals surface area contributed by atoms with Gasteiger partial charge in [0.25, 0.3) is 0 Å². The number of sulfonamides is 1. The molecular weight excluding hydrogens is 501 g/mol. The number of hydrogen-bond donors (Lipinski definition) is 2. The molecule has 1 saturated carbocycles. The van der Waals surface area contributed by atoms with Crippen LogP contribution in [0.25, 0.3) is 0 Å². The van der Waals surface area contributed by atoms with Gasteiger partial charge in [0.1, 0.15) is 17.9 Å². The lowest BCUT2D eigenvalue weighted by Crippen LogP contribution is -2.62. The molecule has 1 atom stereocenters. The number of likely N-dealkylation sites (tertiary alicyclic amines) is 2. The van der Waals surface area contributed by atoms with Crippen molar-refractivity contribution in [3.63, 3.8) is 0 Å². The Kier molecular flexibility index (Phi) is 6.35. The van der Waals surface area contributed by atoms with Gasteiger partial charge in [-0.25, -0.2) is 17.9 Å². The zero-order valence-electron chi connectivity index (χ0n) is 19.4. The van der Waals surface area contributed by atoms with Gasteiger partial charge in [0.05, 0.1) is 4.90 Å². The minimum absolute atomic E-state index is 0.0118. The second kappa shape index (κ2) is 9.21. The van der Waals surface area contributed by atoms with Gasteiger partial charge in [0, 0.05) is 49.6 Å². The molecule has 0 bridgehead atoms. The van der Waals surface area contributed by atoms with E-state index in [2.05, 4.69) is 24.6 Å². The molecule has 2 N–H and O–H groups in total. The fourth-order valence-electron chi connectivity index (χ4n) is 5.46. The number of ether oxygens (including phenoxy) is 1. The molecule has 2 amide bonds. The monoisotopic (exact) mass is 528 g/mol. The molecule has 1 aromatic heterocycles. The second-order valence-electron chi connectivity index (χ2n) is 9.86. The standard InChI is InChI=1S/C22H27F3N6O4S/c23-22(24,25)35-17-2-1-3-18(10-17)36(33,34)29-16-4-7-21(8-5-16)12-31(13-21)20(32)30-9-6-15(11-30)19-26-14-27-28-19/h1-3,10,14-16,29H,4-9,11-13H2,(H,26,27,28). The minimum atomic E-state index is -4.90. The van der Waals surface area contributed by atoms with Crippen LogP contribution in [0.5, 0.6) is 5.75 Å². The normalized spacial score (nSPS) is 22.6. The maximum absolute atomic E-state index is 12.9. The van der Waals surface area contributed by atoms with E-state index < -0.39 is 22.1 Å². The van der Waals surface area contributed by atoms with Crippen molar-refractivity contribution in [3.05, 3.63) is 36.4 Å².